The van der Waals surface area contributed by atoms with Crippen LogP contribution >= 0.6 is 0 Å². The van der Waals surface area contributed by atoms with Gasteiger partial charge in [-0.05, 0) is 37.4 Å². The summed E-state index contributed by atoms with van der Waals surface area (Å²) in [6, 6.07) is 11.8. The topological polar surface area (TPSA) is 106 Å². The Hall–Kier alpha value is -3.52. The summed E-state index contributed by atoms with van der Waals surface area (Å²) >= 11 is 0. The number of hydrogen-bond acceptors (Lipinski definition) is 6. The van der Waals surface area contributed by atoms with Gasteiger partial charge in [0, 0.05) is 50.0 Å². The number of rotatable bonds is 3. The summed E-state index contributed by atoms with van der Waals surface area (Å²) in [4.78, 5) is 28.5. The molecule has 30 heavy (non-hydrogen) atoms. The Bertz CT molecular complexity index is 1300. The van der Waals surface area contributed by atoms with Gasteiger partial charge in [-0.1, -0.05) is 6.07 Å². The molecule has 4 aromatic rings. The Kier molecular flexibility index (Phi) is 4.36. The van der Waals surface area contributed by atoms with Crippen LogP contribution in [0.25, 0.3) is 33.3 Å². The normalized spacial score (nSPS) is 15.2. The second-order valence-electron chi connectivity index (χ2n) is 7.80. The Morgan fingerprint density at radius 2 is 1.87 bits per heavy atom. The molecule has 2 aromatic heterocycles. The van der Waals surface area contributed by atoms with Gasteiger partial charge in [0.2, 0.25) is 0 Å². The van der Waals surface area contributed by atoms with E-state index in [-0.39, 0.29) is 5.56 Å². The molecule has 1 aliphatic heterocycles. The van der Waals surface area contributed by atoms with E-state index in [4.69, 9.17) is 5.73 Å². The molecule has 154 valence electrons. The van der Waals surface area contributed by atoms with Crippen molar-refractivity contribution in [2.75, 3.05) is 56.2 Å². The highest BCUT2D eigenvalue weighted by molar-refractivity contribution is 6.05. The van der Waals surface area contributed by atoms with E-state index < -0.39 is 0 Å². The van der Waals surface area contributed by atoms with Gasteiger partial charge in [-0.15, -0.1) is 0 Å². The first-order chi connectivity index (χ1) is 14.5. The van der Waals surface area contributed by atoms with Crippen molar-refractivity contribution < 1.29 is 0 Å². The van der Waals surface area contributed by atoms with Gasteiger partial charge < -0.3 is 30.8 Å². The van der Waals surface area contributed by atoms with Gasteiger partial charge in [0.25, 0.3) is 5.56 Å². The number of nitrogen functional groups attached to an aromatic ring is 1. The van der Waals surface area contributed by atoms with E-state index >= 15 is 0 Å². The SMILES string of the molecule is CNc1cccc2[nH]c(=O)c(-c3nc4ccc(N5CCN(C)CC5)cc4[nH]3)c(N)c12. The fraction of sp³-hybridized carbons (Fsp3) is 0.273. The molecule has 5 rings (SSSR count). The maximum absolute atomic E-state index is 12.8. The fourth-order valence-corrected chi connectivity index (χ4v) is 4.20. The second-order valence-corrected chi connectivity index (χ2v) is 7.80. The quantitative estimate of drug-likeness (QED) is 0.419. The second kappa shape index (κ2) is 7.07. The van der Waals surface area contributed by atoms with Gasteiger partial charge >= 0.3 is 0 Å². The molecule has 5 N–H and O–H groups in total. The van der Waals surface area contributed by atoms with Crippen molar-refractivity contribution in [2.45, 2.75) is 0 Å². The minimum absolute atomic E-state index is 0.258. The lowest BCUT2D eigenvalue weighted by Crippen LogP contribution is -2.44. The Balaban J connectivity index is 1.61. The van der Waals surface area contributed by atoms with E-state index in [0.29, 0.717) is 22.6 Å². The molecule has 0 aliphatic carbocycles. The number of nitrogens with two attached hydrogens (primary N) is 1. The predicted octanol–water partition coefficient (Wildman–Crippen LogP) is 2.45. The number of H-pyrrole nitrogens is 2. The lowest BCUT2D eigenvalue weighted by atomic mass is 10.1. The number of pyridine rings is 1. The zero-order chi connectivity index (χ0) is 20.8. The predicted molar refractivity (Wildman–Crippen MR) is 123 cm³/mol. The minimum atomic E-state index is -0.258. The number of hydrogen-bond donors (Lipinski definition) is 4. The molecule has 0 saturated carbocycles. The number of aromatic nitrogens is 3. The molecule has 0 spiro atoms. The van der Waals surface area contributed by atoms with E-state index in [9.17, 15) is 4.79 Å². The molecule has 1 aliphatic rings. The van der Waals surface area contributed by atoms with E-state index in [0.717, 1.165) is 54.0 Å². The van der Waals surface area contributed by atoms with Gasteiger partial charge in [-0.3, -0.25) is 4.79 Å². The molecule has 0 bridgehead atoms. The van der Waals surface area contributed by atoms with Crippen molar-refractivity contribution in [2.24, 2.45) is 0 Å². The zero-order valence-electron chi connectivity index (χ0n) is 17.1. The number of piperazine rings is 1. The van der Waals surface area contributed by atoms with Gasteiger partial charge in [-0.25, -0.2) is 4.98 Å². The van der Waals surface area contributed by atoms with E-state index in [1.165, 1.54) is 0 Å². The first-order valence-corrected chi connectivity index (χ1v) is 10.1. The maximum atomic E-state index is 12.8. The summed E-state index contributed by atoms with van der Waals surface area (Å²) < 4.78 is 0. The lowest BCUT2D eigenvalue weighted by Gasteiger charge is -2.34. The maximum Gasteiger partial charge on any atom is 0.261 e. The van der Waals surface area contributed by atoms with Crippen molar-refractivity contribution in [3.05, 3.63) is 46.8 Å². The molecule has 8 nitrogen and oxygen atoms in total. The molecular formula is C22H25N7O. The Labute approximate surface area is 173 Å². The van der Waals surface area contributed by atoms with E-state index in [2.05, 4.69) is 49.2 Å². The standard InChI is InChI=1S/C22H25N7O/c1-24-15-4-3-5-16-18(15)20(23)19(22(30)27-16)21-25-14-7-6-13(12-17(14)26-21)29-10-8-28(2)9-11-29/h3-7,12,24H,8-11H2,1-2H3,(H,25,26)(H3,23,27,30). The summed E-state index contributed by atoms with van der Waals surface area (Å²) in [6.07, 6.45) is 0. The van der Waals surface area contributed by atoms with Gasteiger partial charge in [0.15, 0.2) is 0 Å². The number of fused-ring (bicyclic) bond motifs is 2. The summed E-state index contributed by atoms with van der Waals surface area (Å²) in [5.74, 6) is 0.479. The van der Waals surface area contributed by atoms with Crippen molar-refractivity contribution in [1.29, 1.82) is 0 Å². The molecule has 0 unspecified atom stereocenters. The van der Waals surface area contributed by atoms with Crippen molar-refractivity contribution >= 4 is 39.0 Å². The number of anilines is 3. The molecule has 3 heterocycles. The van der Waals surface area contributed by atoms with Crippen LogP contribution in [0, 0.1) is 0 Å². The third-order valence-electron chi connectivity index (χ3n) is 5.92. The number of aromatic amines is 2. The van der Waals surface area contributed by atoms with Crippen LogP contribution in [0.15, 0.2) is 41.2 Å². The van der Waals surface area contributed by atoms with Gasteiger partial charge in [0.05, 0.1) is 22.2 Å². The third kappa shape index (κ3) is 2.96. The minimum Gasteiger partial charge on any atom is -0.397 e. The molecule has 0 amide bonds. The van der Waals surface area contributed by atoms with Crippen molar-refractivity contribution in [3.63, 3.8) is 0 Å². The third-order valence-corrected chi connectivity index (χ3v) is 5.92. The molecule has 1 saturated heterocycles. The van der Waals surface area contributed by atoms with Crippen LogP contribution in [0.1, 0.15) is 0 Å². The van der Waals surface area contributed by atoms with Crippen LogP contribution in [0.5, 0.6) is 0 Å². The molecule has 8 heteroatoms. The zero-order valence-corrected chi connectivity index (χ0v) is 17.1. The van der Waals surface area contributed by atoms with Gasteiger partial charge in [0.1, 0.15) is 11.4 Å². The molecule has 1 fully saturated rings. The average Bonchev–Trinajstić information content (AvgIpc) is 3.16. The number of imidazole rings is 1. The Morgan fingerprint density at radius 1 is 1.07 bits per heavy atom. The monoisotopic (exact) mass is 403 g/mol. The molecule has 2 aromatic carbocycles. The first-order valence-electron chi connectivity index (χ1n) is 10.1. The fourth-order valence-electron chi connectivity index (χ4n) is 4.20. The summed E-state index contributed by atoms with van der Waals surface area (Å²) in [6.45, 7) is 4.08. The first kappa shape index (κ1) is 18.5. The largest absolute Gasteiger partial charge is 0.397 e. The number of likely N-dealkylation sites (N-methyl/N-ethyl adjacent to an activating group) is 1. The van der Waals surface area contributed by atoms with Crippen LogP contribution < -0.4 is 21.5 Å². The van der Waals surface area contributed by atoms with Crippen molar-refractivity contribution in [1.82, 2.24) is 19.9 Å². The van der Waals surface area contributed by atoms with Crippen LogP contribution in [0.4, 0.5) is 17.1 Å². The molecule has 0 radical (unpaired) electrons. The smallest absolute Gasteiger partial charge is 0.261 e. The van der Waals surface area contributed by atoms with Crippen LogP contribution in [-0.2, 0) is 0 Å². The highest BCUT2D eigenvalue weighted by atomic mass is 16.1. The number of benzene rings is 2. The van der Waals surface area contributed by atoms with Crippen LogP contribution in [-0.4, -0.2) is 60.1 Å². The number of nitrogens with one attached hydrogen (secondary N) is 3. The highest BCUT2D eigenvalue weighted by Crippen LogP contribution is 2.33. The summed E-state index contributed by atoms with van der Waals surface area (Å²) in [7, 11) is 3.98. The highest BCUT2D eigenvalue weighted by Gasteiger charge is 2.19. The van der Waals surface area contributed by atoms with Crippen molar-refractivity contribution in [3.8, 4) is 11.4 Å². The Morgan fingerprint density at radius 3 is 2.63 bits per heavy atom. The van der Waals surface area contributed by atoms with Gasteiger partial charge in [-0.2, -0.15) is 0 Å². The van der Waals surface area contributed by atoms with E-state index in [1.807, 2.05) is 31.3 Å². The van der Waals surface area contributed by atoms with E-state index in [1.54, 1.807) is 0 Å². The lowest BCUT2D eigenvalue weighted by molar-refractivity contribution is 0.313. The van der Waals surface area contributed by atoms with Crippen LogP contribution in [0.3, 0.4) is 0 Å². The summed E-state index contributed by atoms with van der Waals surface area (Å²) in [5.41, 5.74) is 11.4. The molecule has 0 atom stereocenters. The molecular weight excluding hydrogens is 378 g/mol. The number of nitrogens with zero attached hydrogens (tertiary/aromatic N) is 3. The van der Waals surface area contributed by atoms with Crippen LogP contribution in [0.2, 0.25) is 0 Å². The average molecular weight is 403 g/mol. The summed E-state index contributed by atoms with van der Waals surface area (Å²) in [5, 5.41) is 3.93.